The van der Waals surface area contributed by atoms with Crippen LogP contribution in [0.4, 0.5) is 0 Å². The monoisotopic (exact) mass is 220 g/mol. The summed E-state index contributed by atoms with van der Waals surface area (Å²) >= 11 is 0. The van der Waals surface area contributed by atoms with Crippen LogP contribution in [0, 0.1) is 5.92 Å². The molecule has 1 fully saturated rings. The number of ether oxygens (including phenoxy) is 1. The summed E-state index contributed by atoms with van der Waals surface area (Å²) in [5.74, 6) is 0.919. The van der Waals surface area contributed by atoms with Crippen molar-refractivity contribution < 1.29 is 4.74 Å². The zero-order chi connectivity index (χ0) is 11.2. The topological polar surface area (TPSA) is 48.1 Å². The molecule has 2 rings (SSSR count). The van der Waals surface area contributed by atoms with E-state index >= 15 is 0 Å². The molecule has 2 N–H and O–H groups in total. The molecule has 1 aromatic heterocycles. The van der Waals surface area contributed by atoms with Crippen molar-refractivity contribution in [3.05, 3.63) is 29.6 Å². The average Bonchev–Trinajstić information content (AvgIpc) is 2.27. The smallest absolute Gasteiger partial charge is 0.0735 e. The Morgan fingerprint density at radius 1 is 1.44 bits per heavy atom. The fourth-order valence-corrected chi connectivity index (χ4v) is 2.00. The van der Waals surface area contributed by atoms with Crippen molar-refractivity contribution in [3.8, 4) is 0 Å². The molecule has 0 unspecified atom stereocenters. The lowest BCUT2D eigenvalue weighted by Gasteiger charge is -2.24. The summed E-state index contributed by atoms with van der Waals surface area (Å²) in [6.07, 6.45) is 7.18. The molecule has 0 amide bonds. The van der Waals surface area contributed by atoms with Gasteiger partial charge in [-0.25, -0.2) is 0 Å². The Balaban J connectivity index is 1.71. The minimum Gasteiger partial charge on any atom is -0.377 e. The molecule has 0 aromatic carbocycles. The first-order chi connectivity index (χ1) is 7.90. The second-order valence-electron chi connectivity index (χ2n) is 4.45. The van der Waals surface area contributed by atoms with Gasteiger partial charge in [-0.3, -0.25) is 4.98 Å². The number of hydrogen-bond acceptors (Lipinski definition) is 3. The van der Waals surface area contributed by atoms with Crippen LogP contribution in [-0.4, -0.2) is 11.6 Å². The molecule has 0 saturated heterocycles. The highest BCUT2D eigenvalue weighted by atomic mass is 16.5. The van der Waals surface area contributed by atoms with Crippen LogP contribution in [0.2, 0.25) is 0 Å². The minimum absolute atomic E-state index is 0.488. The van der Waals surface area contributed by atoms with Gasteiger partial charge in [0.05, 0.1) is 12.3 Å². The van der Waals surface area contributed by atoms with E-state index in [9.17, 15) is 0 Å². The maximum Gasteiger partial charge on any atom is 0.0735 e. The molecule has 0 atom stereocenters. The van der Waals surface area contributed by atoms with Gasteiger partial charge in [-0.2, -0.15) is 0 Å². The van der Waals surface area contributed by atoms with E-state index in [2.05, 4.69) is 4.98 Å². The SMILES string of the molecule is NCc1ncccc1COCCC1CCC1. The zero-order valence-corrected chi connectivity index (χ0v) is 9.69. The van der Waals surface area contributed by atoms with Crippen LogP contribution >= 0.6 is 0 Å². The Morgan fingerprint density at radius 3 is 3.00 bits per heavy atom. The number of nitrogens with two attached hydrogens (primary N) is 1. The predicted octanol–water partition coefficient (Wildman–Crippen LogP) is 2.25. The molecule has 0 bridgehead atoms. The summed E-state index contributed by atoms with van der Waals surface area (Å²) in [5, 5.41) is 0. The van der Waals surface area contributed by atoms with E-state index in [1.165, 1.54) is 25.7 Å². The van der Waals surface area contributed by atoms with Gasteiger partial charge in [0.2, 0.25) is 0 Å². The first kappa shape index (κ1) is 11.6. The van der Waals surface area contributed by atoms with E-state index in [1.807, 2.05) is 12.1 Å². The van der Waals surface area contributed by atoms with Gasteiger partial charge in [-0.15, -0.1) is 0 Å². The summed E-state index contributed by atoms with van der Waals surface area (Å²) in [5.41, 5.74) is 7.69. The molecule has 16 heavy (non-hydrogen) atoms. The Kier molecular flexibility index (Phi) is 4.31. The summed E-state index contributed by atoms with van der Waals surface area (Å²) in [6, 6.07) is 3.97. The van der Waals surface area contributed by atoms with Crippen molar-refractivity contribution >= 4 is 0 Å². The molecule has 3 nitrogen and oxygen atoms in total. The molecular formula is C13H20N2O. The number of pyridine rings is 1. The van der Waals surface area contributed by atoms with Crippen molar-refractivity contribution in [2.45, 2.75) is 38.8 Å². The highest BCUT2D eigenvalue weighted by Gasteiger charge is 2.16. The van der Waals surface area contributed by atoms with Crippen molar-refractivity contribution in [3.63, 3.8) is 0 Å². The lowest BCUT2D eigenvalue weighted by molar-refractivity contribution is 0.0943. The first-order valence-electron chi connectivity index (χ1n) is 6.10. The molecule has 1 saturated carbocycles. The first-order valence-corrected chi connectivity index (χ1v) is 6.10. The van der Waals surface area contributed by atoms with Gasteiger partial charge in [-0.05, 0) is 18.4 Å². The van der Waals surface area contributed by atoms with E-state index in [-0.39, 0.29) is 0 Å². The maximum atomic E-state index is 5.67. The largest absolute Gasteiger partial charge is 0.377 e. The summed E-state index contributed by atoms with van der Waals surface area (Å²) in [4.78, 5) is 4.23. The summed E-state index contributed by atoms with van der Waals surface area (Å²) in [6.45, 7) is 2.00. The van der Waals surface area contributed by atoms with Crippen molar-refractivity contribution in [2.24, 2.45) is 11.7 Å². The third-order valence-electron chi connectivity index (χ3n) is 3.33. The summed E-state index contributed by atoms with van der Waals surface area (Å²) in [7, 11) is 0. The Bertz CT molecular complexity index is 323. The van der Waals surface area contributed by atoms with E-state index in [0.29, 0.717) is 13.2 Å². The van der Waals surface area contributed by atoms with E-state index < -0.39 is 0 Å². The molecular weight excluding hydrogens is 200 g/mol. The van der Waals surface area contributed by atoms with Crippen molar-refractivity contribution in [1.29, 1.82) is 0 Å². The second kappa shape index (κ2) is 5.97. The molecule has 1 aliphatic carbocycles. The molecule has 1 heterocycles. The third kappa shape index (κ3) is 3.03. The molecule has 1 aliphatic rings. The number of hydrogen-bond donors (Lipinski definition) is 1. The Hall–Kier alpha value is -0.930. The highest BCUT2D eigenvalue weighted by molar-refractivity contribution is 5.18. The van der Waals surface area contributed by atoms with Crippen molar-refractivity contribution in [1.82, 2.24) is 4.98 Å². The van der Waals surface area contributed by atoms with Gasteiger partial charge in [-0.1, -0.05) is 25.3 Å². The number of aromatic nitrogens is 1. The van der Waals surface area contributed by atoms with Crippen LogP contribution in [0.3, 0.4) is 0 Å². The number of nitrogens with zero attached hydrogens (tertiary/aromatic N) is 1. The van der Waals surface area contributed by atoms with Gasteiger partial charge >= 0.3 is 0 Å². The zero-order valence-electron chi connectivity index (χ0n) is 9.69. The maximum absolute atomic E-state index is 5.67. The Labute approximate surface area is 97.0 Å². The fourth-order valence-electron chi connectivity index (χ4n) is 2.00. The van der Waals surface area contributed by atoms with Crippen LogP contribution in [0.15, 0.2) is 18.3 Å². The predicted molar refractivity (Wildman–Crippen MR) is 63.7 cm³/mol. The van der Waals surface area contributed by atoms with Crippen LogP contribution in [0.25, 0.3) is 0 Å². The van der Waals surface area contributed by atoms with E-state index in [0.717, 1.165) is 23.8 Å². The Morgan fingerprint density at radius 2 is 2.31 bits per heavy atom. The number of rotatable bonds is 6. The van der Waals surface area contributed by atoms with E-state index in [1.54, 1.807) is 6.20 Å². The molecule has 1 aromatic rings. The van der Waals surface area contributed by atoms with Crippen LogP contribution in [0.1, 0.15) is 36.9 Å². The quantitative estimate of drug-likeness (QED) is 0.748. The normalized spacial score (nSPS) is 16.1. The van der Waals surface area contributed by atoms with Crippen LogP contribution in [-0.2, 0) is 17.9 Å². The van der Waals surface area contributed by atoms with Gasteiger partial charge < -0.3 is 10.5 Å². The second-order valence-corrected chi connectivity index (χ2v) is 4.45. The molecule has 88 valence electrons. The minimum atomic E-state index is 0.488. The van der Waals surface area contributed by atoms with Gasteiger partial charge in [0, 0.05) is 24.9 Å². The summed E-state index contributed by atoms with van der Waals surface area (Å²) < 4.78 is 5.67. The average molecular weight is 220 g/mol. The van der Waals surface area contributed by atoms with Crippen molar-refractivity contribution in [2.75, 3.05) is 6.61 Å². The van der Waals surface area contributed by atoms with E-state index in [4.69, 9.17) is 10.5 Å². The van der Waals surface area contributed by atoms with Gasteiger partial charge in [0.15, 0.2) is 0 Å². The standard InChI is InChI=1S/C13H20N2O/c14-9-13-12(5-2-7-15-13)10-16-8-6-11-3-1-4-11/h2,5,7,11H,1,3-4,6,8-10,14H2. The highest BCUT2D eigenvalue weighted by Crippen LogP contribution is 2.29. The van der Waals surface area contributed by atoms with Crippen LogP contribution in [0.5, 0.6) is 0 Å². The molecule has 0 spiro atoms. The van der Waals surface area contributed by atoms with Gasteiger partial charge in [0.25, 0.3) is 0 Å². The lowest BCUT2D eigenvalue weighted by Crippen LogP contribution is -2.13. The lowest BCUT2D eigenvalue weighted by atomic mass is 9.83. The third-order valence-corrected chi connectivity index (χ3v) is 3.33. The van der Waals surface area contributed by atoms with Gasteiger partial charge in [0.1, 0.15) is 0 Å². The molecule has 0 aliphatic heterocycles. The molecule has 3 heteroatoms. The molecule has 0 radical (unpaired) electrons. The van der Waals surface area contributed by atoms with Crippen LogP contribution < -0.4 is 5.73 Å². The fraction of sp³-hybridized carbons (Fsp3) is 0.615.